The highest BCUT2D eigenvalue weighted by molar-refractivity contribution is 5.75. The minimum Gasteiger partial charge on any atom is -0.497 e. The number of amides is 1. The van der Waals surface area contributed by atoms with E-state index >= 15 is 0 Å². The smallest absolute Gasteiger partial charge is 0.222 e. The summed E-state index contributed by atoms with van der Waals surface area (Å²) in [6.45, 7) is 0.933. The van der Waals surface area contributed by atoms with E-state index in [4.69, 9.17) is 9.47 Å². The van der Waals surface area contributed by atoms with Crippen molar-refractivity contribution in [3.63, 3.8) is 0 Å². The zero-order valence-electron chi connectivity index (χ0n) is 17.5. The van der Waals surface area contributed by atoms with E-state index in [0.717, 1.165) is 17.0 Å². The molecule has 0 saturated heterocycles. The number of aromatic nitrogens is 2. The highest BCUT2D eigenvalue weighted by Gasteiger charge is 2.13. The number of benzene rings is 2. The van der Waals surface area contributed by atoms with E-state index in [0.29, 0.717) is 37.2 Å². The van der Waals surface area contributed by atoms with E-state index in [1.807, 2.05) is 41.2 Å². The van der Waals surface area contributed by atoms with Crippen molar-refractivity contribution in [2.45, 2.75) is 25.9 Å². The fraction of sp³-hybridized carbons (Fsp3) is 0.304. The van der Waals surface area contributed by atoms with E-state index in [-0.39, 0.29) is 11.7 Å². The van der Waals surface area contributed by atoms with Crippen LogP contribution in [0.4, 0.5) is 4.39 Å². The van der Waals surface area contributed by atoms with Gasteiger partial charge in [-0.3, -0.25) is 9.48 Å². The Bertz CT molecular complexity index is 986. The quantitative estimate of drug-likeness (QED) is 0.531. The monoisotopic (exact) mass is 411 g/mol. The van der Waals surface area contributed by atoms with E-state index in [2.05, 4.69) is 5.10 Å². The standard InChI is InChI=1S/C23H26FN3O3/c1-26(16-18-15-19(24)8-11-22(18)30-3)23(28)5-4-13-27-14-12-21(25-27)17-6-9-20(29-2)10-7-17/h6-12,14-15H,4-5,13,16H2,1-3H3. The third kappa shape index (κ3) is 5.37. The summed E-state index contributed by atoms with van der Waals surface area (Å²) in [6.07, 6.45) is 2.95. The Morgan fingerprint density at radius 2 is 1.87 bits per heavy atom. The number of ether oxygens (including phenoxy) is 2. The first kappa shape index (κ1) is 21.4. The maximum atomic E-state index is 13.5. The molecule has 0 saturated carbocycles. The highest BCUT2D eigenvalue weighted by Crippen LogP contribution is 2.22. The van der Waals surface area contributed by atoms with Gasteiger partial charge in [0.15, 0.2) is 0 Å². The van der Waals surface area contributed by atoms with E-state index in [9.17, 15) is 9.18 Å². The lowest BCUT2D eigenvalue weighted by atomic mass is 10.1. The van der Waals surface area contributed by atoms with E-state index < -0.39 is 0 Å². The summed E-state index contributed by atoms with van der Waals surface area (Å²) < 4.78 is 25.8. The van der Waals surface area contributed by atoms with E-state index in [1.54, 1.807) is 25.1 Å². The van der Waals surface area contributed by atoms with Crippen LogP contribution in [0.15, 0.2) is 54.7 Å². The molecule has 1 amide bonds. The van der Waals surface area contributed by atoms with Crippen molar-refractivity contribution in [1.29, 1.82) is 0 Å². The Hall–Kier alpha value is -3.35. The van der Waals surface area contributed by atoms with Gasteiger partial charge in [-0.2, -0.15) is 5.10 Å². The summed E-state index contributed by atoms with van der Waals surface area (Å²) in [5.74, 6) is 1.01. The van der Waals surface area contributed by atoms with Crippen molar-refractivity contribution in [3.8, 4) is 22.8 Å². The van der Waals surface area contributed by atoms with Crippen LogP contribution in [0.1, 0.15) is 18.4 Å². The average Bonchev–Trinajstić information content (AvgIpc) is 3.22. The predicted molar refractivity (Wildman–Crippen MR) is 113 cm³/mol. The maximum Gasteiger partial charge on any atom is 0.222 e. The molecule has 6 nitrogen and oxygen atoms in total. The molecule has 0 aliphatic rings. The molecule has 0 radical (unpaired) electrons. The fourth-order valence-corrected chi connectivity index (χ4v) is 3.20. The van der Waals surface area contributed by atoms with Crippen LogP contribution >= 0.6 is 0 Å². The van der Waals surface area contributed by atoms with Gasteiger partial charge in [-0.1, -0.05) is 0 Å². The van der Waals surface area contributed by atoms with Gasteiger partial charge in [0.1, 0.15) is 17.3 Å². The molecule has 158 valence electrons. The molecule has 0 spiro atoms. The second-order valence-corrected chi connectivity index (χ2v) is 7.00. The van der Waals surface area contributed by atoms with Gasteiger partial charge in [-0.05, 0) is 55.0 Å². The van der Waals surface area contributed by atoms with Crippen molar-refractivity contribution >= 4 is 5.91 Å². The molecular formula is C23H26FN3O3. The molecule has 0 bridgehead atoms. The number of nitrogens with zero attached hydrogens (tertiary/aromatic N) is 3. The average molecular weight is 411 g/mol. The third-order valence-corrected chi connectivity index (χ3v) is 4.88. The number of carbonyl (C=O) groups is 1. The molecule has 0 fully saturated rings. The van der Waals surface area contributed by atoms with Gasteiger partial charge in [0.2, 0.25) is 5.91 Å². The summed E-state index contributed by atoms with van der Waals surface area (Å²) in [7, 11) is 4.88. The molecule has 3 aromatic rings. The molecule has 1 heterocycles. The van der Waals surface area contributed by atoms with Crippen molar-refractivity contribution in [2.24, 2.45) is 0 Å². The van der Waals surface area contributed by atoms with Gasteiger partial charge in [0.25, 0.3) is 0 Å². The molecule has 0 aliphatic carbocycles. The van der Waals surface area contributed by atoms with Gasteiger partial charge < -0.3 is 14.4 Å². The summed E-state index contributed by atoms with van der Waals surface area (Å²) >= 11 is 0. The first-order valence-electron chi connectivity index (χ1n) is 9.74. The molecule has 7 heteroatoms. The van der Waals surface area contributed by atoms with Crippen LogP contribution in [0.5, 0.6) is 11.5 Å². The number of hydrogen-bond donors (Lipinski definition) is 0. The van der Waals surface area contributed by atoms with Crippen molar-refractivity contribution in [1.82, 2.24) is 14.7 Å². The maximum absolute atomic E-state index is 13.5. The SMILES string of the molecule is COc1ccc(-c2ccn(CCCC(=O)N(C)Cc3cc(F)ccc3OC)n2)cc1. The number of halogens is 1. The third-order valence-electron chi connectivity index (χ3n) is 4.88. The Labute approximate surface area is 175 Å². The second-order valence-electron chi connectivity index (χ2n) is 7.00. The van der Waals surface area contributed by atoms with Crippen molar-refractivity contribution in [3.05, 3.63) is 66.1 Å². The fourth-order valence-electron chi connectivity index (χ4n) is 3.20. The van der Waals surface area contributed by atoms with Crippen LogP contribution in [0.2, 0.25) is 0 Å². The van der Waals surface area contributed by atoms with Gasteiger partial charge in [0, 0.05) is 43.9 Å². The molecule has 2 aromatic carbocycles. The van der Waals surface area contributed by atoms with Crippen LogP contribution in [0.25, 0.3) is 11.3 Å². The summed E-state index contributed by atoms with van der Waals surface area (Å²) in [4.78, 5) is 14.0. The van der Waals surface area contributed by atoms with Gasteiger partial charge in [-0.15, -0.1) is 0 Å². The first-order chi connectivity index (χ1) is 14.5. The van der Waals surface area contributed by atoms with Crippen LogP contribution in [-0.4, -0.2) is 41.9 Å². The summed E-state index contributed by atoms with van der Waals surface area (Å²) in [6, 6.07) is 14.0. The van der Waals surface area contributed by atoms with E-state index in [1.165, 1.54) is 19.2 Å². The molecule has 1 aromatic heterocycles. The normalized spacial score (nSPS) is 10.7. The Kier molecular flexibility index (Phi) is 7.06. The van der Waals surface area contributed by atoms with Gasteiger partial charge in [-0.25, -0.2) is 4.39 Å². The molecule has 0 atom stereocenters. The molecule has 3 rings (SSSR count). The Balaban J connectivity index is 1.51. The first-order valence-corrected chi connectivity index (χ1v) is 9.74. The largest absolute Gasteiger partial charge is 0.497 e. The number of methoxy groups -OCH3 is 2. The Morgan fingerprint density at radius 3 is 2.57 bits per heavy atom. The second kappa shape index (κ2) is 9.91. The molecule has 0 aliphatic heterocycles. The lowest BCUT2D eigenvalue weighted by Gasteiger charge is -2.19. The highest BCUT2D eigenvalue weighted by atomic mass is 19.1. The van der Waals surface area contributed by atoms with Gasteiger partial charge >= 0.3 is 0 Å². The molecule has 30 heavy (non-hydrogen) atoms. The van der Waals surface area contributed by atoms with Gasteiger partial charge in [0.05, 0.1) is 19.9 Å². The Morgan fingerprint density at radius 1 is 1.10 bits per heavy atom. The minimum atomic E-state index is -0.349. The summed E-state index contributed by atoms with van der Waals surface area (Å²) in [5, 5.41) is 4.57. The number of rotatable bonds is 9. The van der Waals surface area contributed by atoms with Crippen molar-refractivity contribution < 1.29 is 18.7 Å². The lowest BCUT2D eigenvalue weighted by molar-refractivity contribution is -0.130. The molecule has 0 unspecified atom stereocenters. The number of carbonyl (C=O) groups excluding carboxylic acids is 1. The van der Waals surface area contributed by atoms with Crippen LogP contribution in [0, 0.1) is 5.82 Å². The molecule has 0 N–H and O–H groups in total. The van der Waals surface area contributed by atoms with Crippen LogP contribution < -0.4 is 9.47 Å². The number of hydrogen-bond acceptors (Lipinski definition) is 4. The topological polar surface area (TPSA) is 56.6 Å². The lowest BCUT2D eigenvalue weighted by Crippen LogP contribution is -2.26. The predicted octanol–water partition coefficient (Wildman–Crippen LogP) is 4.15. The van der Waals surface area contributed by atoms with Crippen molar-refractivity contribution in [2.75, 3.05) is 21.3 Å². The zero-order valence-corrected chi connectivity index (χ0v) is 17.5. The van der Waals surface area contributed by atoms with Crippen LogP contribution in [-0.2, 0) is 17.9 Å². The minimum absolute atomic E-state index is 0.0103. The van der Waals surface area contributed by atoms with Crippen LogP contribution in [0.3, 0.4) is 0 Å². The number of aryl methyl sites for hydroxylation is 1. The summed E-state index contributed by atoms with van der Waals surface area (Å²) in [5.41, 5.74) is 2.53. The zero-order chi connectivity index (χ0) is 21.5. The molecular weight excluding hydrogens is 385 g/mol.